The zero-order chi connectivity index (χ0) is 13.1. The van der Waals surface area contributed by atoms with Gasteiger partial charge < -0.3 is 5.73 Å². The normalized spacial score (nSPS) is 26.7. The third-order valence-electron chi connectivity index (χ3n) is 4.31. The Morgan fingerprint density at radius 3 is 2.56 bits per heavy atom. The van der Waals surface area contributed by atoms with Crippen LogP contribution in [-0.4, -0.2) is 4.98 Å². The second kappa shape index (κ2) is 3.80. The summed E-state index contributed by atoms with van der Waals surface area (Å²) in [5.41, 5.74) is 8.27. The van der Waals surface area contributed by atoms with Gasteiger partial charge in [0.2, 0.25) is 0 Å². The van der Waals surface area contributed by atoms with E-state index in [4.69, 9.17) is 10.7 Å². The molecule has 100 valence electrons. The summed E-state index contributed by atoms with van der Waals surface area (Å²) in [5.74, 6) is 0.703. The summed E-state index contributed by atoms with van der Waals surface area (Å²) in [7, 11) is 0. The molecular weight excluding hydrogens is 240 g/mol. The molecule has 1 atom stereocenters. The van der Waals surface area contributed by atoms with E-state index in [9.17, 15) is 0 Å². The second-order valence-corrected chi connectivity index (χ2v) is 8.62. The largest absolute Gasteiger partial charge is 0.322 e. The van der Waals surface area contributed by atoms with Crippen LogP contribution in [0.15, 0.2) is 0 Å². The summed E-state index contributed by atoms with van der Waals surface area (Å²) in [6, 6.07) is 0.194. The molecule has 1 fully saturated rings. The highest BCUT2D eigenvalue weighted by Crippen LogP contribution is 2.49. The highest BCUT2D eigenvalue weighted by Gasteiger charge is 2.41. The van der Waals surface area contributed by atoms with Gasteiger partial charge in [-0.25, -0.2) is 4.98 Å². The van der Waals surface area contributed by atoms with E-state index in [1.807, 2.05) is 11.3 Å². The number of thiazole rings is 1. The maximum absolute atomic E-state index is 6.32. The molecule has 0 bridgehead atoms. The number of rotatable bonds is 2. The minimum atomic E-state index is 0.194. The average molecular weight is 264 g/mol. The number of nitrogens with two attached hydrogens (primary N) is 1. The van der Waals surface area contributed by atoms with Crippen LogP contribution in [0.1, 0.15) is 68.6 Å². The molecule has 2 N–H and O–H groups in total. The number of nitrogens with zero attached hydrogens (tertiary/aromatic N) is 1. The lowest BCUT2D eigenvalue weighted by atomic mass is 9.67. The first-order valence-electron chi connectivity index (χ1n) is 7.04. The Hall–Kier alpha value is -0.410. The van der Waals surface area contributed by atoms with Gasteiger partial charge in [-0.15, -0.1) is 11.3 Å². The number of fused-ring (bicyclic) bond motifs is 1. The maximum atomic E-state index is 6.32. The van der Waals surface area contributed by atoms with E-state index < -0.39 is 0 Å². The molecule has 2 aliphatic carbocycles. The second-order valence-electron chi connectivity index (χ2n) is 7.59. The highest BCUT2D eigenvalue weighted by atomic mass is 32.1. The predicted octanol–water partition coefficient (Wildman–Crippen LogP) is 3.80. The maximum Gasteiger partial charge on any atom is 0.110 e. The van der Waals surface area contributed by atoms with E-state index in [1.54, 1.807) is 0 Å². The van der Waals surface area contributed by atoms with E-state index in [-0.39, 0.29) is 11.5 Å². The minimum Gasteiger partial charge on any atom is -0.322 e. The fourth-order valence-corrected chi connectivity index (χ4v) is 4.89. The summed E-state index contributed by atoms with van der Waals surface area (Å²) in [5, 5.41) is 1.19. The summed E-state index contributed by atoms with van der Waals surface area (Å²) in [6.45, 7) is 9.43. The third kappa shape index (κ3) is 2.12. The quantitative estimate of drug-likeness (QED) is 0.882. The van der Waals surface area contributed by atoms with Gasteiger partial charge in [-0.05, 0) is 37.0 Å². The standard InChI is InChI=1S/C15H24N2S/c1-14(2)7-10-12(15(3,4)8-14)18-13(17-10)11(16)9-5-6-9/h9,11H,5-8,16H2,1-4H3. The van der Waals surface area contributed by atoms with Gasteiger partial charge in [0, 0.05) is 10.3 Å². The van der Waals surface area contributed by atoms with E-state index in [0.717, 1.165) is 6.42 Å². The number of aromatic nitrogens is 1. The van der Waals surface area contributed by atoms with Crippen molar-refractivity contribution in [3.63, 3.8) is 0 Å². The molecule has 0 amide bonds. The molecule has 18 heavy (non-hydrogen) atoms. The van der Waals surface area contributed by atoms with Crippen LogP contribution in [0.2, 0.25) is 0 Å². The molecular formula is C15H24N2S. The van der Waals surface area contributed by atoms with Crippen LogP contribution >= 0.6 is 11.3 Å². The van der Waals surface area contributed by atoms with Gasteiger partial charge in [-0.3, -0.25) is 0 Å². The Bertz CT molecular complexity index is 469. The van der Waals surface area contributed by atoms with Crippen LogP contribution in [0.25, 0.3) is 0 Å². The monoisotopic (exact) mass is 264 g/mol. The Balaban J connectivity index is 1.98. The summed E-state index contributed by atoms with van der Waals surface area (Å²) in [6.07, 6.45) is 4.94. The molecule has 0 saturated heterocycles. The van der Waals surface area contributed by atoms with Gasteiger partial charge in [-0.1, -0.05) is 27.7 Å². The minimum absolute atomic E-state index is 0.194. The van der Waals surface area contributed by atoms with Gasteiger partial charge in [0.15, 0.2) is 0 Å². The zero-order valence-corrected chi connectivity index (χ0v) is 12.7. The van der Waals surface area contributed by atoms with Crippen LogP contribution in [0.5, 0.6) is 0 Å². The van der Waals surface area contributed by atoms with Crippen LogP contribution in [0.3, 0.4) is 0 Å². The first kappa shape index (κ1) is 12.6. The first-order chi connectivity index (χ1) is 8.28. The molecule has 2 nitrogen and oxygen atoms in total. The number of hydrogen-bond acceptors (Lipinski definition) is 3. The summed E-state index contributed by atoms with van der Waals surface area (Å²) < 4.78 is 0. The molecule has 1 heterocycles. The molecule has 1 unspecified atom stereocenters. The van der Waals surface area contributed by atoms with Gasteiger partial charge in [-0.2, -0.15) is 0 Å². The Morgan fingerprint density at radius 1 is 1.28 bits per heavy atom. The van der Waals surface area contributed by atoms with Gasteiger partial charge in [0.05, 0.1) is 11.7 Å². The third-order valence-corrected chi connectivity index (χ3v) is 5.88. The molecule has 3 heteroatoms. The van der Waals surface area contributed by atoms with Crippen molar-refractivity contribution in [3.8, 4) is 0 Å². The van der Waals surface area contributed by atoms with Crippen LogP contribution in [0.4, 0.5) is 0 Å². The van der Waals surface area contributed by atoms with Crippen molar-refractivity contribution in [1.82, 2.24) is 4.98 Å². The van der Waals surface area contributed by atoms with Gasteiger partial charge in [0.25, 0.3) is 0 Å². The zero-order valence-electron chi connectivity index (χ0n) is 11.9. The fourth-order valence-electron chi connectivity index (χ4n) is 3.61. The van der Waals surface area contributed by atoms with Crippen molar-refractivity contribution in [1.29, 1.82) is 0 Å². The Kier molecular flexibility index (Phi) is 2.66. The first-order valence-corrected chi connectivity index (χ1v) is 7.86. The molecule has 0 spiro atoms. The van der Waals surface area contributed by atoms with Crippen LogP contribution < -0.4 is 5.73 Å². The SMILES string of the molecule is CC1(C)Cc2nc(C(N)C3CC3)sc2C(C)(C)C1. The topological polar surface area (TPSA) is 38.9 Å². The summed E-state index contributed by atoms with van der Waals surface area (Å²) in [4.78, 5) is 6.39. The summed E-state index contributed by atoms with van der Waals surface area (Å²) >= 11 is 1.88. The van der Waals surface area contributed by atoms with Crippen LogP contribution in [-0.2, 0) is 11.8 Å². The van der Waals surface area contributed by atoms with E-state index in [1.165, 1.54) is 34.8 Å². The number of hydrogen-bond donors (Lipinski definition) is 1. The lowest BCUT2D eigenvalue weighted by Crippen LogP contribution is -2.33. The molecule has 1 saturated carbocycles. The van der Waals surface area contributed by atoms with Gasteiger partial charge in [0.1, 0.15) is 5.01 Å². The van der Waals surface area contributed by atoms with Crippen molar-refractivity contribution < 1.29 is 0 Å². The molecule has 0 aliphatic heterocycles. The molecule has 0 radical (unpaired) electrons. The van der Waals surface area contributed by atoms with E-state index >= 15 is 0 Å². The fraction of sp³-hybridized carbons (Fsp3) is 0.800. The lowest BCUT2D eigenvalue weighted by molar-refractivity contribution is 0.232. The van der Waals surface area contributed by atoms with Crippen LogP contribution in [0, 0.1) is 11.3 Å². The Labute approximate surface area is 114 Å². The highest BCUT2D eigenvalue weighted by molar-refractivity contribution is 7.12. The van der Waals surface area contributed by atoms with Crippen molar-refractivity contribution in [3.05, 3.63) is 15.6 Å². The smallest absolute Gasteiger partial charge is 0.110 e. The molecule has 0 aromatic carbocycles. The molecule has 1 aromatic heterocycles. The van der Waals surface area contributed by atoms with E-state index in [2.05, 4.69) is 27.7 Å². The Morgan fingerprint density at radius 2 is 1.94 bits per heavy atom. The lowest BCUT2D eigenvalue weighted by Gasteiger charge is -2.39. The van der Waals surface area contributed by atoms with Crippen molar-refractivity contribution in [2.75, 3.05) is 0 Å². The van der Waals surface area contributed by atoms with Crippen molar-refractivity contribution in [2.24, 2.45) is 17.1 Å². The molecule has 2 aliphatic rings. The average Bonchev–Trinajstić information content (AvgIpc) is 2.95. The van der Waals surface area contributed by atoms with Crippen molar-refractivity contribution in [2.45, 2.75) is 64.8 Å². The predicted molar refractivity (Wildman–Crippen MR) is 76.9 cm³/mol. The molecule has 3 rings (SSSR count). The van der Waals surface area contributed by atoms with Gasteiger partial charge >= 0.3 is 0 Å². The van der Waals surface area contributed by atoms with Crippen molar-refractivity contribution >= 4 is 11.3 Å². The van der Waals surface area contributed by atoms with E-state index in [0.29, 0.717) is 11.3 Å². The molecule has 1 aromatic rings.